The maximum atomic E-state index is 12.2. The Labute approximate surface area is 142 Å². The summed E-state index contributed by atoms with van der Waals surface area (Å²) in [5.41, 5.74) is 2.77. The molecule has 24 heavy (non-hydrogen) atoms. The Morgan fingerprint density at radius 3 is 2.79 bits per heavy atom. The van der Waals surface area contributed by atoms with Crippen LogP contribution in [0.1, 0.15) is 49.7 Å². The van der Waals surface area contributed by atoms with E-state index in [1.54, 1.807) is 0 Å². The summed E-state index contributed by atoms with van der Waals surface area (Å²) in [6.45, 7) is 0.742. The second-order valence-electron chi connectivity index (χ2n) is 6.73. The number of fused-ring (bicyclic) bond motifs is 1. The summed E-state index contributed by atoms with van der Waals surface area (Å²) in [5.74, 6) is 1.44. The number of rotatable bonds is 2. The Morgan fingerprint density at radius 2 is 1.96 bits per heavy atom. The van der Waals surface area contributed by atoms with Crippen molar-refractivity contribution >= 4 is 17.9 Å². The molecule has 126 valence electrons. The third-order valence-electron chi connectivity index (χ3n) is 4.89. The molecule has 0 unspecified atom stereocenters. The van der Waals surface area contributed by atoms with E-state index >= 15 is 0 Å². The van der Waals surface area contributed by atoms with Crippen LogP contribution < -0.4 is 15.4 Å². The Hall–Kier alpha value is -2.30. The lowest BCUT2D eigenvalue weighted by atomic mass is 10.1. The minimum Gasteiger partial charge on any atom is -0.493 e. The first-order valence-electron chi connectivity index (χ1n) is 8.91. The van der Waals surface area contributed by atoms with Crippen molar-refractivity contribution in [3.05, 3.63) is 35.0 Å². The van der Waals surface area contributed by atoms with Crippen LogP contribution in [-0.4, -0.2) is 24.5 Å². The van der Waals surface area contributed by atoms with Crippen LogP contribution in [0.4, 0.5) is 0 Å². The van der Waals surface area contributed by atoms with Crippen molar-refractivity contribution in [2.45, 2.75) is 51.0 Å². The number of nitrogens with one attached hydrogen (secondary N) is 2. The van der Waals surface area contributed by atoms with Crippen molar-refractivity contribution in [2.75, 3.05) is 6.61 Å². The molecule has 2 heterocycles. The molecule has 1 aromatic carbocycles. The third-order valence-corrected chi connectivity index (χ3v) is 4.89. The van der Waals surface area contributed by atoms with Gasteiger partial charge in [-0.15, -0.1) is 0 Å². The van der Waals surface area contributed by atoms with Gasteiger partial charge in [-0.1, -0.05) is 31.7 Å². The predicted octanol–water partition coefficient (Wildman–Crippen LogP) is 2.76. The summed E-state index contributed by atoms with van der Waals surface area (Å²) in [4.78, 5) is 16.9. The summed E-state index contributed by atoms with van der Waals surface area (Å²) in [5, 5.41) is 6.00. The quantitative estimate of drug-likeness (QED) is 0.649. The highest BCUT2D eigenvalue weighted by atomic mass is 16.5. The van der Waals surface area contributed by atoms with E-state index in [9.17, 15) is 4.79 Å². The van der Waals surface area contributed by atoms with Gasteiger partial charge in [-0.05, 0) is 42.2 Å². The fourth-order valence-corrected chi connectivity index (χ4v) is 3.59. The molecule has 5 heteroatoms. The maximum absolute atomic E-state index is 12.2. The van der Waals surface area contributed by atoms with Crippen molar-refractivity contribution in [3.8, 4) is 5.75 Å². The fraction of sp³-hybridized carbons (Fsp3) is 0.474. The molecular formula is C19H23N3O2. The average Bonchev–Trinajstić information content (AvgIpc) is 3.07. The van der Waals surface area contributed by atoms with E-state index in [-0.39, 0.29) is 5.91 Å². The van der Waals surface area contributed by atoms with E-state index in [1.165, 1.54) is 31.2 Å². The van der Waals surface area contributed by atoms with Gasteiger partial charge >= 0.3 is 0 Å². The van der Waals surface area contributed by atoms with Crippen molar-refractivity contribution in [1.82, 2.24) is 10.6 Å². The fourth-order valence-electron chi connectivity index (χ4n) is 3.59. The number of ether oxygens (including phenoxy) is 1. The van der Waals surface area contributed by atoms with E-state index in [4.69, 9.17) is 9.73 Å². The summed E-state index contributed by atoms with van der Waals surface area (Å²) < 4.78 is 5.52. The van der Waals surface area contributed by atoms with Crippen LogP contribution in [0.3, 0.4) is 0 Å². The van der Waals surface area contributed by atoms with Gasteiger partial charge in [0.25, 0.3) is 5.91 Å². The molecule has 1 amide bonds. The molecule has 4 rings (SSSR count). The van der Waals surface area contributed by atoms with Gasteiger partial charge in [0, 0.05) is 6.42 Å². The van der Waals surface area contributed by atoms with Gasteiger partial charge in [0.05, 0.1) is 12.6 Å². The minimum absolute atomic E-state index is 0.112. The van der Waals surface area contributed by atoms with Gasteiger partial charge < -0.3 is 10.1 Å². The zero-order valence-electron chi connectivity index (χ0n) is 13.8. The van der Waals surface area contributed by atoms with E-state index < -0.39 is 0 Å². The number of benzene rings is 1. The summed E-state index contributed by atoms with van der Waals surface area (Å²) in [6.07, 6.45) is 10.1. The van der Waals surface area contributed by atoms with E-state index in [2.05, 4.69) is 16.7 Å². The molecular weight excluding hydrogens is 302 g/mol. The summed E-state index contributed by atoms with van der Waals surface area (Å²) in [6, 6.07) is 6.37. The topological polar surface area (TPSA) is 62.7 Å². The molecule has 0 aromatic heterocycles. The molecule has 0 atom stereocenters. The normalized spacial score (nSPS) is 24.4. The zero-order valence-corrected chi connectivity index (χ0v) is 13.8. The second kappa shape index (κ2) is 6.67. The molecule has 0 bridgehead atoms. The zero-order chi connectivity index (χ0) is 16.4. The van der Waals surface area contributed by atoms with Gasteiger partial charge in [-0.3, -0.25) is 10.1 Å². The molecule has 1 saturated heterocycles. The van der Waals surface area contributed by atoms with Crippen LogP contribution >= 0.6 is 0 Å². The Balaban J connectivity index is 1.49. The first kappa shape index (κ1) is 15.2. The molecule has 1 saturated carbocycles. The van der Waals surface area contributed by atoms with E-state index in [0.717, 1.165) is 37.2 Å². The van der Waals surface area contributed by atoms with Crippen LogP contribution in [-0.2, 0) is 11.2 Å². The lowest BCUT2D eigenvalue weighted by molar-refractivity contribution is -0.115. The Kier molecular flexibility index (Phi) is 4.24. The third kappa shape index (κ3) is 3.30. The van der Waals surface area contributed by atoms with Crippen LogP contribution in [0.15, 0.2) is 28.9 Å². The van der Waals surface area contributed by atoms with Crippen molar-refractivity contribution in [3.63, 3.8) is 0 Å². The highest BCUT2D eigenvalue weighted by Crippen LogP contribution is 2.27. The highest BCUT2D eigenvalue weighted by molar-refractivity contribution is 6.15. The number of amides is 1. The van der Waals surface area contributed by atoms with E-state index in [1.807, 2.05) is 18.2 Å². The molecule has 0 radical (unpaired) electrons. The monoisotopic (exact) mass is 325 g/mol. The van der Waals surface area contributed by atoms with Crippen LogP contribution in [0.25, 0.3) is 6.08 Å². The standard InChI is InChI=1S/C19H23N3O2/c23-18-16(12-13-7-8-17-14(11-13)9-10-24-17)21-19(22-18)20-15-5-3-1-2-4-6-15/h7-8,11-12,15H,1-6,9-10H2,(H2,20,21,22,23)/b16-12-. The number of nitrogens with zero attached hydrogens (tertiary/aromatic N) is 1. The number of hydrogen-bond acceptors (Lipinski definition) is 3. The molecule has 2 N–H and O–H groups in total. The molecule has 1 aliphatic carbocycles. The molecule has 5 nitrogen and oxygen atoms in total. The molecule has 0 spiro atoms. The molecule has 2 fully saturated rings. The Morgan fingerprint density at radius 1 is 1.12 bits per heavy atom. The lowest BCUT2D eigenvalue weighted by Gasteiger charge is -2.09. The maximum Gasteiger partial charge on any atom is 0.274 e. The average molecular weight is 325 g/mol. The van der Waals surface area contributed by atoms with Gasteiger partial charge in [-0.2, -0.15) is 0 Å². The van der Waals surface area contributed by atoms with Gasteiger partial charge in [0.2, 0.25) is 5.96 Å². The van der Waals surface area contributed by atoms with Crippen LogP contribution in [0.2, 0.25) is 0 Å². The van der Waals surface area contributed by atoms with Crippen molar-refractivity contribution in [2.24, 2.45) is 4.99 Å². The first-order valence-corrected chi connectivity index (χ1v) is 8.91. The largest absolute Gasteiger partial charge is 0.493 e. The first-order chi connectivity index (χ1) is 11.8. The smallest absolute Gasteiger partial charge is 0.274 e. The van der Waals surface area contributed by atoms with E-state index in [0.29, 0.717) is 17.7 Å². The summed E-state index contributed by atoms with van der Waals surface area (Å²) >= 11 is 0. The van der Waals surface area contributed by atoms with Gasteiger partial charge in [0.15, 0.2) is 0 Å². The van der Waals surface area contributed by atoms with Crippen LogP contribution in [0.5, 0.6) is 5.75 Å². The molecule has 3 aliphatic rings. The molecule has 2 aliphatic heterocycles. The Bertz CT molecular complexity index is 701. The predicted molar refractivity (Wildman–Crippen MR) is 93.8 cm³/mol. The lowest BCUT2D eigenvalue weighted by Crippen LogP contribution is -2.27. The molecule has 1 aromatic rings. The van der Waals surface area contributed by atoms with Crippen LogP contribution in [0, 0.1) is 0 Å². The second-order valence-corrected chi connectivity index (χ2v) is 6.73. The minimum atomic E-state index is -0.112. The number of guanidine groups is 1. The number of hydrogen-bond donors (Lipinski definition) is 2. The van der Waals surface area contributed by atoms with Crippen molar-refractivity contribution < 1.29 is 9.53 Å². The van der Waals surface area contributed by atoms with Gasteiger partial charge in [0.1, 0.15) is 11.4 Å². The van der Waals surface area contributed by atoms with Crippen molar-refractivity contribution in [1.29, 1.82) is 0 Å². The SMILES string of the molecule is O=C1NC(=NC2CCCCCC2)N/C1=C\c1ccc2c(c1)CCO2. The van der Waals surface area contributed by atoms with Gasteiger partial charge in [-0.25, -0.2) is 4.99 Å². The number of carbonyl (C=O) groups excluding carboxylic acids is 1. The summed E-state index contributed by atoms with van der Waals surface area (Å²) in [7, 11) is 0. The number of aliphatic imine (C=N–C) groups is 1. The number of carbonyl (C=O) groups is 1. The highest BCUT2D eigenvalue weighted by Gasteiger charge is 2.23.